The summed E-state index contributed by atoms with van der Waals surface area (Å²) in [6, 6.07) is 0. The van der Waals surface area contributed by atoms with Gasteiger partial charge in [-0.15, -0.1) is 0 Å². The van der Waals surface area contributed by atoms with Gasteiger partial charge in [0, 0.05) is 13.1 Å². The van der Waals surface area contributed by atoms with Crippen molar-refractivity contribution in [3.8, 4) is 0 Å². The zero-order valence-electron chi connectivity index (χ0n) is 2.57. The van der Waals surface area contributed by atoms with Crippen LogP contribution in [0.4, 0.5) is 0 Å². The van der Waals surface area contributed by atoms with E-state index in [0.29, 0.717) is 13.1 Å². The van der Waals surface area contributed by atoms with E-state index >= 15 is 0 Å². The van der Waals surface area contributed by atoms with Crippen LogP contribution in [-0.2, 0) is 0 Å². The number of nitrogens with two attached hydrogens (primary N) is 2. The second kappa shape index (κ2) is 30.7. The molecule has 6 heteroatoms. The van der Waals surface area contributed by atoms with Crippen LogP contribution >= 0.6 is 0 Å². The fourth-order valence-corrected chi connectivity index (χ4v) is 0. The summed E-state index contributed by atoms with van der Waals surface area (Å²) < 4.78 is 0. The summed E-state index contributed by atoms with van der Waals surface area (Å²) in [6.45, 7) is 1.19. The van der Waals surface area contributed by atoms with Crippen molar-refractivity contribution in [3.63, 3.8) is 0 Å². The standard InChI is InChI=1S/C2H8N2.4Na.4H/c3-1-2-4;;;;;;;;/h1-4H2;;;;;;;;. The second-order valence-electron chi connectivity index (χ2n) is 0.577. The van der Waals surface area contributed by atoms with Gasteiger partial charge in [0.25, 0.3) is 0 Å². The summed E-state index contributed by atoms with van der Waals surface area (Å²) in [4.78, 5) is 0. The van der Waals surface area contributed by atoms with Crippen molar-refractivity contribution in [2.24, 2.45) is 11.5 Å². The molecule has 8 heavy (non-hydrogen) atoms. The van der Waals surface area contributed by atoms with E-state index < -0.39 is 0 Å². The van der Waals surface area contributed by atoms with E-state index in [1.165, 1.54) is 0 Å². The summed E-state index contributed by atoms with van der Waals surface area (Å²) in [7, 11) is 0. The SMILES string of the molecule is NCCN.[NaH].[NaH].[NaH].[NaH]. The van der Waals surface area contributed by atoms with E-state index in [1.807, 2.05) is 0 Å². The molecular formula is C2H12N2Na4. The molecule has 0 fully saturated rings. The monoisotopic (exact) mass is 156 g/mol. The molecule has 34 valence electrons. The summed E-state index contributed by atoms with van der Waals surface area (Å²) >= 11 is 0. The molecule has 0 atom stereocenters. The zero-order chi connectivity index (χ0) is 3.41. The van der Waals surface area contributed by atoms with Gasteiger partial charge in [-0.05, 0) is 0 Å². The molecule has 0 aliphatic rings. The van der Waals surface area contributed by atoms with Gasteiger partial charge in [0.1, 0.15) is 0 Å². The minimum atomic E-state index is 0. The van der Waals surface area contributed by atoms with Crippen molar-refractivity contribution < 1.29 is 0 Å². The van der Waals surface area contributed by atoms with Gasteiger partial charge in [0.05, 0.1) is 0 Å². The fraction of sp³-hybridized carbons (Fsp3) is 1.00. The predicted molar refractivity (Wildman–Crippen MR) is 46.7 cm³/mol. The van der Waals surface area contributed by atoms with E-state index in [0.717, 1.165) is 0 Å². The van der Waals surface area contributed by atoms with Gasteiger partial charge in [0.15, 0.2) is 0 Å². The van der Waals surface area contributed by atoms with Crippen molar-refractivity contribution in [2.75, 3.05) is 13.1 Å². The molecule has 0 aliphatic carbocycles. The first-order valence-corrected chi connectivity index (χ1v) is 1.32. The molecule has 0 aromatic carbocycles. The Balaban J connectivity index is -0.00000000750. The molecule has 0 unspecified atom stereocenters. The van der Waals surface area contributed by atoms with Crippen LogP contribution in [0.3, 0.4) is 0 Å². The molecule has 0 aliphatic heterocycles. The van der Waals surface area contributed by atoms with Crippen molar-refractivity contribution in [2.45, 2.75) is 0 Å². The van der Waals surface area contributed by atoms with Crippen LogP contribution in [0, 0.1) is 0 Å². The fourth-order valence-electron chi connectivity index (χ4n) is 0. The van der Waals surface area contributed by atoms with Crippen LogP contribution in [-0.4, -0.2) is 131 Å². The van der Waals surface area contributed by atoms with E-state index in [-0.39, 0.29) is 118 Å². The Morgan fingerprint density at radius 2 is 0.750 bits per heavy atom. The molecule has 4 N–H and O–H groups in total. The zero-order valence-corrected chi connectivity index (χ0v) is 2.57. The second-order valence-corrected chi connectivity index (χ2v) is 0.577. The van der Waals surface area contributed by atoms with Crippen molar-refractivity contribution >= 4 is 118 Å². The number of rotatable bonds is 1. The molecule has 0 amide bonds. The topological polar surface area (TPSA) is 52.0 Å². The van der Waals surface area contributed by atoms with Gasteiger partial charge in [0.2, 0.25) is 0 Å². The van der Waals surface area contributed by atoms with Gasteiger partial charge >= 0.3 is 118 Å². The Bertz CT molecular complexity index is 14.0. The molecule has 0 heterocycles. The van der Waals surface area contributed by atoms with Gasteiger partial charge in [-0.3, -0.25) is 0 Å². The van der Waals surface area contributed by atoms with Gasteiger partial charge in [-0.2, -0.15) is 0 Å². The van der Waals surface area contributed by atoms with E-state index in [9.17, 15) is 0 Å². The molecule has 0 rings (SSSR count). The molecule has 0 radical (unpaired) electrons. The number of hydrogen-bond donors (Lipinski definition) is 2. The van der Waals surface area contributed by atoms with Gasteiger partial charge in [-0.25, -0.2) is 0 Å². The first kappa shape index (κ1) is 29.7. The van der Waals surface area contributed by atoms with E-state index in [1.54, 1.807) is 0 Å². The molecule has 0 spiro atoms. The normalized spacial score (nSPS) is 3.75. The number of hydrogen-bond acceptors (Lipinski definition) is 2. The van der Waals surface area contributed by atoms with Crippen molar-refractivity contribution in [1.82, 2.24) is 0 Å². The summed E-state index contributed by atoms with van der Waals surface area (Å²) in [5.41, 5.74) is 9.81. The third-order valence-corrected chi connectivity index (χ3v) is 0.167. The van der Waals surface area contributed by atoms with E-state index in [2.05, 4.69) is 0 Å². The Kier molecular flexibility index (Phi) is 114. The minimum absolute atomic E-state index is 0. The Morgan fingerprint density at radius 1 is 0.625 bits per heavy atom. The summed E-state index contributed by atoms with van der Waals surface area (Å²) in [5.74, 6) is 0. The first-order valence-electron chi connectivity index (χ1n) is 1.32. The van der Waals surface area contributed by atoms with Crippen LogP contribution < -0.4 is 11.5 Å². The van der Waals surface area contributed by atoms with Crippen LogP contribution in [0.15, 0.2) is 0 Å². The Labute approximate surface area is 139 Å². The molecule has 0 saturated carbocycles. The van der Waals surface area contributed by atoms with Crippen LogP contribution in [0.25, 0.3) is 0 Å². The molecular weight excluding hydrogens is 144 g/mol. The summed E-state index contributed by atoms with van der Waals surface area (Å²) in [5, 5.41) is 0. The summed E-state index contributed by atoms with van der Waals surface area (Å²) in [6.07, 6.45) is 0. The molecule has 0 aromatic rings. The van der Waals surface area contributed by atoms with Gasteiger partial charge in [-0.1, -0.05) is 0 Å². The van der Waals surface area contributed by atoms with E-state index in [4.69, 9.17) is 11.5 Å². The van der Waals surface area contributed by atoms with Crippen LogP contribution in [0.1, 0.15) is 0 Å². The maximum atomic E-state index is 4.90. The van der Waals surface area contributed by atoms with Crippen LogP contribution in [0.2, 0.25) is 0 Å². The van der Waals surface area contributed by atoms with Gasteiger partial charge < -0.3 is 11.5 Å². The molecule has 0 saturated heterocycles. The predicted octanol–water partition coefficient (Wildman–Crippen LogP) is -3.69. The first-order chi connectivity index (χ1) is 1.91. The molecule has 0 aromatic heterocycles. The molecule has 2 nitrogen and oxygen atoms in total. The third-order valence-electron chi connectivity index (χ3n) is 0.167. The maximum absolute atomic E-state index is 4.90. The van der Waals surface area contributed by atoms with Crippen molar-refractivity contribution in [3.05, 3.63) is 0 Å². The Hall–Kier alpha value is 3.92. The molecule has 0 bridgehead atoms. The average molecular weight is 156 g/mol. The average Bonchev–Trinajstić information content (AvgIpc) is 1.37. The Morgan fingerprint density at radius 3 is 0.750 bits per heavy atom. The van der Waals surface area contributed by atoms with Crippen molar-refractivity contribution in [1.29, 1.82) is 0 Å². The third kappa shape index (κ3) is 32.6. The quantitative estimate of drug-likeness (QED) is 0.384. The van der Waals surface area contributed by atoms with Crippen LogP contribution in [0.5, 0.6) is 0 Å².